The van der Waals surface area contributed by atoms with Crippen molar-refractivity contribution in [3.63, 3.8) is 0 Å². The van der Waals surface area contributed by atoms with E-state index in [9.17, 15) is 14.7 Å². The van der Waals surface area contributed by atoms with Crippen molar-refractivity contribution in [3.8, 4) is 5.75 Å². The molecule has 0 fully saturated rings. The topological polar surface area (TPSA) is 71.3 Å². The Hall–Kier alpha value is -2.50. The number of unbranched alkanes of at least 4 members (excludes halogenated alkanes) is 1. The predicted octanol–water partition coefficient (Wildman–Crippen LogP) is 5.11. The molecule has 0 unspecified atom stereocenters. The Morgan fingerprint density at radius 3 is 2.45 bits per heavy atom. The molecule has 2 N–H and O–H groups in total. The molecule has 0 aliphatic heterocycles. The van der Waals surface area contributed by atoms with E-state index in [2.05, 4.69) is 12.2 Å². The fourth-order valence-corrected chi connectivity index (χ4v) is 3.75. The van der Waals surface area contributed by atoms with E-state index in [0.29, 0.717) is 39.3 Å². The zero-order chi connectivity index (χ0) is 21.1. The van der Waals surface area contributed by atoms with Crippen LogP contribution in [0.1, 0.15) is 41.4 Å². The van der Waals surface area contributed by atoms with Gasteiger partial charge >= 0.3 is 0 Å². The van der Waals surface area contributed by atoms with Crippen molar-refractivity contribution >= 4 is 45.9 Å². The Balaban J connectivity index is 2.10. The maximum Gasteiger partial charge on any atom is 0.262 e. The van der Waals surface area contributed by atoms with Crippen LogP contribution in [0.15, 0.2) is 36.4 Å². The van der Waals surface area contributed by atoms with Gasteiger partial charge < -0.3 is 10.4 Å². The molecule has 2 aromatic carbocycles. The van der Waals surface area contributed by atoms with Gasteiger partial charge in [-0.15, -0.1) is 0 Å². The fraction of sp³-hybridized carbons (Fsp3) is 0.273. The van der Waals surface area contributed by atoms with E-state index >= 15 is 0 Å². The summed E-state index contributed by atoms with van der Waals surface area (Å²) in [5.41, 5.74) is 2.23. The van der Waals surface area contributed by atoms with Gasteiger partial charge in [0.15, 0.2) is 0 Å². The summed E-state index contributed by atoms with van der Waals surface area (Å²) in [7, 11) is 0. The molecule has 152 valence electrons. The molecule has 0 aliphatic carbocycles. The molecule has 0 aliphatic rings. The number of nitrogens with zero attached hydrogens (tertiary/aromatic N) is 1. The number of phenolic OH excluding ortho intramolecular Hbond substituents is 1. The second-order valence-electron chi connectivity index (χ2n) is 6.88. The number of phenols is 1. The lowest BCUT2D eigenvalue weighted by Gasteiger charge is -2.08. The Bertz CT molecular complexity index is 1070. The summed E-state index contributed by atoms with van der Waals surface area (Å²) >= 11 is 12.3. The minimum atomic E-state index is -0.261. The number of halogens is 2. The van der Waals surface area contributed by atoms with Gasteiger partial charge in [0.25, 0.3) is 5.91 Å². The summed E-state index contributed by atoms with van der Waals surface area (Å²) in [6.07, 6.45) is 1.94. The number of benzene rings is 2. The van der Waals surface area contributed by atoms with Gasteiger partial charge in [-0.1, -0.05) is 36.5 Å². The average molecular weight is 433 g/mol. The van der Waals surface area contributed by atoms with Gasteiger partial charge in [0.1, 0.15) is 5.75 Å². The summed E-state index contributed by atoms with van der Waals surface area (Å²) in [4.78, 5) is 25.7. The molecular weight excluding hydrogens is 411 g/mol. The average Bonchev–Trinajstić information content (AvgIpc) is 2.97. The van der Waals surface area contributed by atoms with Crippen molar-refractivity contribution in [1.82, 2.24) is 9.88 Å². The molecule has 0 saturated carbocycles. The number of carbonyl (C=O) groups excluding carboxylic acids is 2. The van der Waals surface area contributed by atoms with E-state index in [1.54, 1.807) is 37.3 Å². The van der Waals surface area contributed by atoms with Crippen LogP contribution in [0.4, 0.5) is 0 Å². The first-order chi connectivity index (χ1) is 13.8. The first-order valence-corrected chi connectivity index (χ1v) is 10.2. The standard InChI is InChI=1S/C22H22Cl2N2O3/c1-3-4-11-25-19(28)12-16-13(2)26(17-9-10-18(27)21(24)20(16)17)22(29)14-5-7-15(23)8-6-14/h5-10,27H,3-4,11-12H2,1-2H3,(H,25,28). The number of amides is 1. The minimum Gasteiger partial charge on any atom is -0.506 e. The van der Waals surface area contributed by atoms with E-state index in [4.69, 9.17) is 23.2 Å². The lowest BCUT2D eigenvalue weighted by Crippen LogP contribution is -2.26. The number of hydrogen-bond donors (Lipinski definition) is 2. The van der Waals surface area contributed by atoms with Crippen LogP contribution < -0.4 is 5.32 Å². The number of aromatic nitrogens is 1. The first kappa shape index (κ1) is 21.2. The van der Waals surface area contributed by atoms with Crippen LogP contribution in [-0.2, 0) is 11.2 Å². The molecule has 0 radical (unpaired) electrons. The van der Waals surface area contributed by atoms with E-state index < -0.39 is 0 Å². The summed E-state index contributed by atoms with van der Waals surface area (Å²) < 4.78 is 1.53. The maximum atomic E-state index is 13.2. The Morgan fingerprint density at radius 1 is 1.10 bits per heavy atom. The molecule has 0 spiro atoms. The molecule has 0 atom stereocenters. The fourth-order valence-electron chi connectivity index (χ4n) is 3.35. The molecule has 1 aromatic heterocycles. The smallest absolute Gasteiger partial charge is 0.262 e. The molecule has 3 aromatic rings. The molecule has 1 amide bonds. The zero-order valence-electron chi connectivity index (χ0n) is 16.3. The van der Waals surface area contributed by atoms with Crippen molar-refractivity contribution < 1.29 is 14.7 Å². The third kappa shape index (κ3) is 4.26. The van der Waals surface area contributed by atoms with Crippen LogP contribution in [0.5, 0.6) is 5.75 Å². The van der Waals surface area contributed by atoms with Crippen molar-refractivity contribution in [2.45, 2.75) is 33.1 Å². The van der Waals surface area contributed by atoms with Gasteiger partial charge in [-0.05, 0) is 55.3 Å². The molecule has 29 heavy (non-hydrogen) atoms. The van der Waals surface area contributed by atoms with Crippen molar-refractivity contribution in [1.29, 1.82) is 0 Å². The van der Waals surface area contributed by atoms with E-state index in [1.807, 2.05) is 0 Å². The number of rotatable bonds is 6. The SMILES string of the molecule is CCCCNC(=O)Cc1c(C)n(C(=O)c2ccc(Cl)cc2)c2ccc(O)c(Cl)c12. The van der Waals surface area contributed by atoms with Crippen LogP contribution in [0, 0.1) is 6.92 Å². The number of carbonyl (C=O) groups is 2. The van der Waals surface area contributed by atoms with Crippen LogP contribution in [-0.4, -0.2) is 28.0 Å². The van der Waals surface area contributed by atoms with Crippen molar-refractivity contribution in [2.75, 3.05) is 6.54 Å². The Labute approximate surface area is 179 Å². The van der Waals surface area contributed by atoms with Crippen LogP contribution in [0.25, 0.3) is 10.9 Å². The molecule has 3 rings (SSSR count). The number of nitrogens with one attached hydrogen (secondary N) is 1. The van der Waals surface area contributed by atoms with Crippen LogP contribution in [0.2, 0.25) is 10.0 Å². The molecular formula is C22H22Cl2N2O3. The van der Waals surface area contributed by atoms with Gasteiger partial charge in [0.2, 0.25) is 5.91 Å². The number of fused-ring (bicyclic) bond motifs is 1. The van der Waals surface area contributed by atoms with E-state index in [0.717, 1.165) is 12.8 Å². The Kier molecular flexibility index (Phi) is 6.50. The summed E-state index contributed by atoms with van der Waals surface area (Å²) in [5.74, 6) is -0.509. The van der Waals surface area contributed by atoms with E-state index in [1.165, 1.54) is 10.6 Å². The number of hydrogen-bond acceptors (Lipinski definition) is 3. The quantitative estimate of drug-likeness (QED) is 0.531. The first-order valence-electron chi connectivity index (χ1n) is 9.43. The van der Waals surface area contributed by atoms with Gasteiger partial charge in [-0.2, -0.15) is 0 Å². The van der Waals surface area contributed by atoms with Crippen LogP contribution >= 0.6 is 23.2 Å². The van der Waals surface area contributed by atoms with Gasteiger partial charge in [-0.25, -0.2) is 0 Å². The highest BCUT2D eigenvalue weighted by Gasteiger charge is 2.24. The summed E-state index contributed by atoms with van der Waals surface area (Å²) in [5, 5.41) is 14.2. The second-order valence-corrected chi connectivity index (χ2v) is 7.70. The lowest BCUT2D eigenvalue weighted by atomic mass is 10.1. The monoisotopic (exact) mass is 432 g/mol. The third-order valence-corrected chi connectivity index (χ3v) is 5.53. The normalized spacial score (nSPS) is 11.0. The predicted molar refractivity (Wildman–Crippen MR) is 116 cm³/mol. The third-order valence-electron chi connectivity index (χ3n) is 4.90. The van der Waals surface area contributed by atoms with Gasteiger partial charge in [-0.3, -0.25) is 14.2 Å². The molecule has 0 saturated heterocycles. The Morgan fingerprint density at radius 2 is 1.79 bits per heavy atom. The highest BCUT2D eigenvalue weighted by molar-refractivity contribution is 6.37. The molecule has 0 bridgehead atoms. The molecule has 1 heterocycles. The summed E-state index contributed by atoms with van der Waals surface area (Å²) in [6.45, 7) is 4.42. The number of aromatic hydroxyl groups is 1. The van der Waals surface area contributed by atoms with Crippen molar-refractivity contribution in [2.24, 2.45) is 0 Å². The van der Waals surface area contributed by atoms with Gasteiger partial charge in [0, 0.05) is 28.2 Å². The highest BCUT2D eigenvalue weighted by atomic mass is 35.5. The highest BCUT2D eigenvalue weighted by Crippen LogP contribution is 2.38. The largest absolute Gasteiger partial charge is 0.506 e. The summed E-state index contributed by atoms with van der Waals surface area (Å²) in [6, 6.07) is 9.67. The zero-order valence-corrected chi connectivity index (χ0v) is 17.8. The van der Waals surface area contributed by atoms with Crippen LogP contribution in [0.3, 0.4) is 0 Å². The molecule has 5 nitrogen and oxygen atoms in total. The maximum absolute atomic E-state index is 13.2. The molecule has 7 heteroatoms. The lowest BCUT2D eigenvalue weighted by molar-refractivity contribution is -0.120. The van der Waals surface area contributed by atoms with Crippen molar-refractivity contribution in [3.05, 3.63) is 63.3 Å². The minimum absolute atomic E-state index is 0.0656. The second kappa shape index (κ2) is 8.89. The van der Waals surface area contributed by atoms with E-state index in [-0.39, 0.29) is 29.0 Å². The van der Waals surface area contributed by atoms with Gasteiger partial charge in [0.05, 0.1) is 17.0 Å².